The first-order chi connectivity index (χ1) is 13.8. The molecular formula is C21H31N3O4S. The van der Waals surface area contributed by atoms with Crippen LogP contribution >= 0.6 is 0 Å². The maximum Gasteiger partial charge on any atom is 0.254 e. The smallest absolute Gasteiger partial charge is 0.254 e. The fraction of sp³-hybridized carbons (Fsp3) is 0.619. The number of carbonyl (C=O) groups is 2. The summed E-state index contributed by atoms with van der Waals surface area (Å²) >= 11 is 0. The number of nitrogens with one attached hydrogen (secondary N) is 1. The van der Waals surface area contributed by atoms with E-state index in [4.69, 9.17) is 0 Å². The van der Waals surface area contributed by atoms with E-state index < -0.39 is 16.1 Å². The third-order valence-electron chi connectivity index (χ3n) is 5.85. The van der Waals surface area contributed by atoms with Gasteiger partial charge in [0, 0.05) is 31.2 Å². The summed E-state index contributed by atoms with van der Waals surface area (Å²) in [6.45, 7) is 5.82. The first-order valence-electron chi connectivity index (χ1n) is 10.6. The fourth-order valence-corrected chi connectivity index (χ4v) is 5.27. The summed E-state index contributed by atoms with van der Waals surface area (Å²) in [6.07, 6.45) is 5.23. The van der Waals surface area contributed by atoms with Crippen LogP contribution in [0.4, 0.5) is 0 Å². The summed E-state index contributed by atoms with van der Waals surface area (Å²) in [5.41, 5.74) is 0.411. The van der Waals surface area contributed by atoms with Crippen LogP contribution in [0.15, 0.2) is 29.2 Å². The summed E-state index contributed by atoms with van der Waals surface area (Å²) in [5, 5.41) is 0. The molecule has 8 heteroatoms. The van der Waals surface area contributed by atoms with Crippen LogP contribution in [-0.4, -0.2) is 61.7 Å². The van der Waals surface area contributed by atoms with Crippen molar-refractivity contribution in [1.29, 1.82) is 0 Å². The lowest BCUT2D eigenvalue weighted by Crippen LogP contribution is -2.52. The van der Waals surface area contributed by atoms with Gasteiger partial charge < -0.3 is 9.80 Å². The maximum atomic E-state index is 13.1. The van der Waals surface area contributed by atoms with Gasteiger partial charge in [-0.15, -0.1) is 0 Å². The molecule has 160 valence electrons. The van der Waals surface area contributed by atoms with E-state index in [2.05, 4.69) is 4.72 Å². The fourth-order valence-electron chi connectivity index (χ4n) is 3.94. The molecule has 2 unspecified atom stereocenters. The molecule has 0 spiro atoms. The Morgan fingerprint density at radius 2 is 1.69 bits per heavy atom. The molecule has 2 aliphatic rings. The number of benzene rings is 1. The number of nitrogens with zero attached hydrogens (tertiary/aromatic N) is 2. The van der Waals surface area contributed by atoms with Crippen LogP contribution in [0.1, 0.15) is 62.7 Å². The lowest BCUT2D eigenvalue weighted by atomic mass is 9.99. The van der Waals surface area contributed by atoms with E-state index in [1.165, 1.54) is 12.1 Å². The number of hydrogen-bond acceptors (Lipinski definition) is 4. The molecule has 2 aliphatic heterocycles. The molecule has 1 N–H and O–H groups in total. The van der Waals surface area contributed by atoms with Crippen molar-refractivity contribution in [2.45, 2.75) is 69.4 Å². The summed E-state index contributed by atoms with van der Waals surface area (Å²) in [5.74, 6) is -0.159. The lowest BCUT2D eigenvalue weighted by Gasteiger charge is -2.36. The third kappa shape index (κ3) is 4.98. The van der Waals surface area contributed by atoms with E-state index in [9.17, 15) is 18.0 Å². The first-order valence-corrected chi connectivity index (χ1v) is 12.0. The summed E-state index contributed by atoms with van der Waals surface area (Å²) in [6, 6.07) is 5.43. The van der Waals surface area contributed by atoms with Gasteiger partial charge in [-0.25, -0.2) is 13.1 Å². The number of amides is 2. The number of carbonyl (C=O) groups excluding carboxylic acids is 2. The minimum Gasteiger partial charge on any atom is -0.341 e. The second-order valence-electron chi connectivity index (χ2n) is 8.00. The Labute approximate surface area is 173 Å². The van der Waals surface area contributed by atoms with Gasteiger partial charge in [-0.2, -0.15) is 0 Å². The van der Waals surface area contributed by atoms with Crippen molar-refractivity contribution in [3.05, 3.63) is 29.8 Å². The summed E-state index contributed by atoms with van der Waals surface area (Å²) < 4.78 is 27.4. The molecule has 0 radical (unpaired) electrons. The minimum absolute atomic E-state index is 0.0486. The lowest BCUT2D eigenvalue weighted by molar-refractivity contribution is -0.136. The van der Waals surface area contributed by atoms with Crippen molar-refractivity contribution < 1.29 is 18.0 Å². The number of likely N-dealkylation sites (tertiary alicyclic amines) is 2. The molecule has 2 fully saturated rings. The van der Waals surface area contributed by atoms with E-state index in [1.54, 1.807) is 17.0 Å². The molecule has 2 heterocycles. The zero-order valence-corrected chi connectivity index (χ0v) is 18.1. The monoisotopic (exact) mass is 421 g/mol. The molecular weight excluding hydrogens is 390 g/mol. The van der Waals surface area contributed by atoms with Crippen LogP contribution in [0, 0.1) is 0 Å². The van der Waals surface area contributed by atoms with Gasteiger partial charge in [0.15, 0.2) is 0 Å². The number of piperidine rings is 1. The van der Waals surface area contributed by atoms with Gasteiger partial charge in [-0.1, -0.05) is 6.92 Å². The molecule has 0 aliphatic carbocycles. The number of hydrogen-bond donors (Lipinski definition) is 1. The van der Waals surface area contributed by atoms with E-state index in [0.29, 0.717) is 24.9 Å². The summed E-state index contributed by atoms with van der Waals surface area (Å²) in [4.78, 5) is 29.7. The average Bonchev–Trinajstić information content (AvgIpc) is 3.27. The zero-order valence-electron chi connectivity index (χ0n) is 17.3. The molecule has 0 saturated carbocycles. The van der Waals surface area contributed by atoms with Gasteiger partial charge in [-0.05, 0) is 69.7 Å². The average molecular weight is 422 g/mol. The largest absolute Gasteiger partial charge is 0.341 e. The quantitative estimate of drug-likeness (QED) is 0.764. The van der Waals surface area contributed by atoms with Crippen molar-refractivity contribution in [1.82, 2.24) is 14.5 Å². The van der Waals surface area contributed by atoms with Gasteiger partial charge >= 0.3 is 0 Å². The van der Waals surface area contributed by atoms with E-state index in [0.717, 1.165) is 38.8 Å². The van der Waals surface area contributed by atoms with Crippen molar-refractivity contribution >= 4 is 21.8 Å². The van der Waals surface area contributed by atoms with Gasteiger partial charge in [0.05, 0.1) is 4.90 Å². The molecule has 7 nitrogen and oxygen atoms in total. The topological polar surface area (TPSA) is 86.8 Å². The SMILES string of the molecule is CCC(C)NS(=O)(=O)c1ccc(C(=O)N2CCCCC2C(=O)N2CCCC2)cc1. The molecule has 2 amide bonds. The first kappa shape index (κ1) is 21.8. The van der Waals surface area contributed by atoms with Crippen molar-refractivity contribution in [2.75, 3.05) is 19.6 Å². The standard InChI is InChI=1S/C21H31N3O4S/c1-3-16(2)22-29(27,28)18-11-9-17(10-12-18)20(25)24-15-5-4-8-19(24)21(26)23-13-6-7-14-23/h9-12,16,19,22H,3-8,13-15H2,1-2H3. The Hall–Kier alpha value is -1.93. The maximum absolute atomic E-state index is 13.1. The Bertz CT molecular complexity index is 832. The van der Waals surface area contributed by atoms with E-state index >= 15 is 0 Å². The minimum atomic E-state index is -3.61. The Morgan fingerprint density at radius 3 is 2.31 bits per heavy atom. The Kier molecular flexibility index (Phi) is 6.95. The van der Waals surface area contributed by atoms with Crippen LogP contribution in [0.3, 0.4) is 0 Å². The van der Waals surface area contributed by atoms with E-state index in [-0.39, 0.29) is 22.8 Å². The molecule has 0 aromatic heterocycles. The van der Waals surface area contributed by atoms with Crippen molar-refractivity contribution in [3.8, 4) is 0 Å². The molecule has 1 aromatic carbocycles. The molecule has 29 heavy (non-hydrogen) atoms. The predicted octanol–water partition coefficient (Wildman–Crippen LogP) is 2.38. The number of rotatable bonds is 6. The molecule has 3 rings (SSSR count). The van der Waals surface area contributed by atoms with Gasteiger partial charge in [0.2, 0.25) is 15.9 Å². The van der Waals surface area contributed by atoms with Gasteiger partial charge in [0.25, 0.3) is 5.91 Å². The third-order valence-corrected chi connectivity index (χ3v) is 7.45. The molecule has 2 atom stereocenters. The van der Waals surface area contributed by atoms with Crippen LogP contribution < -0.4 is 4.72 Å². The van der Waals surface area contributed by atoms with Crippen LogP contribution in [0.2, 0.25) is 0 Å². The predicted molar refractivity (Wildman–Crippen MR) is 111 cm³/mol. The second-order valence-corrected chi connectivity index (χ2v) is 9.71. The normalized spacial score (nSPS) is 21.2. The van der Waals surface area contributed by atoms with Gasteiger partial charge in [0.1, 0.15) is 6.04 Å². The molecule has 2 saturated heterocycles. The van der Waals surface area contributed by atoms with E-state index in [1.807, 2.05) is 18.7 Å². The number of sulfonamides is 1. The van der Waals surface area contributed by atoms with Crippen LogP contribution in [0.5, 0.6) is 0 Å². The highest BCUT2D eigenvalue weighted by Gasteiger charge is 2.36. The van der Waals surface area contributed by atoms with Gasteiger partial charge in [-0.3, -0.25) is 9.59 Å². The van der Waals surface area contributed by atoms with Crippen LogP contribution in [-0.2, 0) is 14.8 Å². The highest BCUT2D eigenvalue weighted by atomic mass is 32.2. The zero-order chi connectivity index (χ0) is 21.0. The van der Waals surface area contributed by atoms with Crippen molar-refractivity contribution in [2.24, 2.45) is 0 Å². The molecule has 1 aromatic rings. The van der Waals surface area contributed by atoms with Crippen LogP contribution in [0.25, 0.3) is 0 Å². The highest BCUT2D eigenvalue weighted by molar-refractivity contribution is 7.89. The molecule has 0 bridgehead atoms. The van der Waals surface area contributed by atoms with Crippen molar-refractivity contribution in [3.63, 3.8) is 0 Å². The Morgan fingerprint density at radius 1 is 1.07 bits per heavy atom. The Balaban J connectivity index is 1.75. The second kappa shape index (κ2) is 9.26. The summed E-state index contributed by atoms with van der Waals surface area (Å²) in [7, 11) is -3.61. The highest BCUT2D eigenvalue weighted by Crippen LogP contribution is 2.24.